The van der Waals surface area contributed by atoms with Crippen LogP contribution in [0.15, 0.2) is 88.5 Å². The molecule has 5 aromatic rings. The molecule has 3 aromatic carbocycles. The molecule has 0 saturated heterocycles. The minimum absolute atomic E-state index is 0.0322. The molecule has 0 bridgehead atoms. The smallest absolute Gasteiger partial charge is 0.339 e. The number of carbonyl (C=O) groups is 1. The summed E-state index contributed by atoms with van der Waals surface area (Å²) in [6.45, 7) is 8.51. The van der Waals surface area contributed by atoms with Gasteiger partial charge >= 0.3 is 11.7 Å². The molecule has 2 heterocycles. The van der Waals surface area contributed by atoms with Crippen LogP contribution in [0.1, 0.15) is 22.5 Å². The van der Waals surface area contributed by atoms with Crippen molar-refractivity contribution in [2.45, 2.75) is 13.1 Å². The lowest BCUT2D eigenvalue weighted by molar-refractivity contribution is -0.130. The highest BCUT2D eigenvalue weighted by atomic mass is 19.1. The molecule has 0 atom stereocenters. The predicted molar refractivity (Wildman–Crippen MR) is 243 cm³/mol. The molecular weight excluding hydrogens is 883 g/mol. The van der Waals surface area contributed by atoms with Crippen molar-refractivity contribution in [3.8, 4) is 0 Å². The van der Waals surface area contributed by atoms with E-state index in [4.69, 9.17) is 47.7 Å². The Bertz CT molecular complexity index is 2300. The summed E-state index contributed by atoms with van der Waals surface area (Å²) in [5, 5.41) is 18.4. The van der Waals surface area contributed by atoms with Gasteiger partial charge in [-0.2, -0.15) is 0 Å². The zero-order valence-corrected chi connectivity index (χ0v) is 37.6. The van der Waals surface area contributed by atoms with E-state index >= 15 is 0 Å². The molecule has 0 fully saturated rings. The van der Waals surface area contributed by atoms with Crippen LogP contribution < -0.4 is 11.2 Å². The van der Waals surface area contributed by atoms with Crippen molar-refractivity contribution in [3.05, 3.63) is 134 Å². The van der Waals surface area contributed by atoms with Gasteiger partial charge in [0, 0.05) is 7.11 Å². The number of H-pyrrole nitrogens is 1. The monoisotopic (exact) mass is 942 g/mol. The molecule has 20 heteroatoms. The number of rotatable bonds is 33. The van der Waals surface area contributed by atoms with Crippen LogP contribution in [0.2, 0.25) is 0 Å². The van der Waals surface area contributed by atoms with E-state index < -0.39 is 28.9 Å². The van der Waals surface area contributed by atoms with Crippen LogP contribution in [0.3, 0.4) is 0 Å². The molecule has 0 aliphatic carbocycles. The number of carboxylic acids is 1. The average Bonchev–Trinajstić information content (AvgIpc) is 3.77. The Labute approximate surface area is 386 Å². The molecule has 5 rings (SSSR count). The Kier molecular flexibility index (Phi) is 26.0. The summed E-state index contributed by atoms with van der Waals surface area (Å²) < 4.78 is 77.2. The lowest BCUT2D eigenvalue weighted by Crippen LogP contribution is -2.40. The van der Waals surface area contributed by atoms with Crippen molar-refractivity contribution in [3.63, 3.8) is 0 Å². The third kappa shape index (κ3) is 20.5. The molecule has 0 unspecified atom stereocenters. The van der Waals surface area contributed by atoms with E-state index in [-0.39, 0.29) is 42.3 Å². The molecule has 0 radical (unpaired) electrons. The van der Waals surface area contributed by atoms with Crippen molar-refractivity contribution >= 4 is 28.8 Å². The summed E-state index contributed by atoms with van der Waals surface area (Å²) >= 11 is 0. The van der Waals surface area contributed by atoms with E-state index in [1.54, 1.807) is 49.6 Å². The highest BCUT2D eigenvalue weighted by Crippen LogP contribution is 2.19. The largest absolute Gasteiger partial charge is 0.478 e. The summed E-state index contributed by atoms with van der Waals surface area (Å²) in [5.74, 6) is -2.48. The summed E-state index contributed by atoms with van der Waals surface area (Å²) in [6.07, 6.45) is 1.39. The van der Waals surface area contributed by atoms with Gasteiger partial charge in [-0.15, -0.1) is 0 Å². The number of aromatic amines is 1. The van der Waals surface area contributed by atoms with Crippen LogP contribution >= 0.6 is 0 Å². The van der Waals surface area contributed by atoms with Crippen LogP contribution in [0.25, 0.3) is 22.8 Å². The summed E-state index contributed by atoms with van der Waals surface area (Å²) in [7, 11) is 1.64. The Hall–Kier alpha value is -5.52. The first-order valence-electron chi connectivity index (χ1n) is 21.7. The van der Waals surface area contributed by atoms with Gasteiger partial charge in [-0.3, -0.25) is 13.9 Å². The number of halogens is 2. The molecule has 2 aromatic heterocycles. The van der Waals surface area contributed by atoms with Gasteiger partial charge in [0.05, 0.1) is 132 Å². The lowest BCUT2D eigenvalue weighted by atomic mass is 10.1. The molecule has 0 amide bonds. The van der Waals surface area contributed by atoms with E-state index in [0.717, 1.165) is 9.13 Å². The molecule has 0 saturated carbocycles. The number of aliphatic carboxylic acids is 1. The highest BCUT2D eigenvalue weighted by molar-refractivity contribution is 6.19. The minimum atomic E-state index is -1.30. The molecule has 3 N–H and O–H groups in total. The fourth-order valence-electron chi connectivity index (χ4n) is 6.01. The number of ether oxygens (including phenoxy) is 9. The van der Waals surface area contributed by atoms with Crippen molar-refractivity contribution < 1.29 is 66.4 Å². The third-order valence-electron chi connectivity index (χ3n) is 9.19. The first-order chi connectivity index (χ1) is 32.7. The van der Waals surface area contributed by atoms with Crippen LogP contribution in [-0.2, 0) is 60.5 Å². The van der Waals surface area contributed by atoms with Crippen molar-refractivity contribution in [2.75, 3.05) is 126 Å². The number of benzene rings is 3. The first kappa shape index (κ1) is 54.1. The summed E-state index contributed by atoms with van der Waals surface area (Å²) in [5.41, 5.74) is -0.573. The minimum Gasteiger partial charge on any atom is -0.478 e. The van der Waals surface area contributed by atoms with E-state index in [1.165, 1.54) is 42.5 Å². The molecule has 0 aliphatic heterocycles. The standard InChI is InChI=1S/C28H20F2N4O4.C19H40O10/c29-20-10-4-8-18(12-20)15-33-25-23(26(35)34(28(33)38)16-19-9-5-11-21(30)13-19)31-24(32-25)22(27(36)37)14-17-6-2-1-3-7-17;1-21-4-5-23-8-9-25-12-13-27-16-17-29-19-18-28-15-14-26-11-10-24-7-6-22-3-2-20/h1-14H,15-16H2,(H,31,32)(H,36,37);20H,2-19H2,1H3. The Morgan fingerprint density at radius 3 is 1.46 bits per heavy atom. The topological polar surface area (TPSA) is 213 Å². The third-order valence-corrected chi connectivity index (χ3v) is 9.19. The van der Waals surface area contributed by atoms with Crippen LogP contribution in [0.5, 0.6) is 0 Å². The molecule has 67 heavy (non-hydrogen) atoms. The van der Waals surface area contributed by atoms with Gasteiger partial charge in [-0.25, -0.2) is 23.4 Å². The number of nitrogens with zero attached hydrogens (tertiary/aromatic N) is 3. The van der Waals surface area contributed by atoms with Gasteiger partial charge in [0.1, 0.15) is 28.5 Å². The maximum atomic E-state index is 13.9. The second kappa shape index (κ2) is 32.2. The van der Waals surface area contributed by atoms with Crippen LogP contribution in [0.4, 0.5) is 8.78 Å². The number of imidazole rings is 1. The molecule has 366 valence electrons. The van der Waals surface area contributed by atoms with E-state index in [0.29, 0.717) is 129 Å². The number of aliphatic hydroxyl groups is 1. The van der Waals surface area contributed by atoms with Gasteiger partial charge in [-0.1, -0.05) is 54.6 Å². The van der Waals surface area contributed by atoms with Crippen LogP contribution in [-0.4, -0.2) is 161 Å². The van der Waals surface area contributed by atoms with Crippen molar-refractivity contribution in [1.82, 2.24) is 19.1 Å². The Morgan fingerprint density at radius 1 is 0.612 bits per heavy atom. The van der Waals surface area contributed by atoms with Gasteiger partial charge in [0.25, 0.3) is 5.56 Å². The molecule has 0 spiro atoms. The van der Waals surface area contributed by atoms with Crippen molar-refractivity contribution in [2.24, 2.45) is 0 Å². The maximum absolute atomic E-state index is 13.9. The summed E-state index contributed by atoms with van der Waals surface area (Å²) in [4.78, 5) is 46.2. The Balaban J connectivity index is 0.000000306. The number of nitrogens with one attached hydrogen (secondary N) is 1. The molecule has 18 nitrogen and oxygen atoms in total. The fraction of sp³-hybridized carbons (Fsp3) is 0.447. The van der Waals surface area contributed by atoms with E-state index in [2.05, 4.69) is 9.97 Å². The van der Waals surface area contributed by atoms with Gasteiger partial charge in [0.2, 0.25) is 0 Å². The van der Waals surface area contributed by atoms with Crippen LogP contribution in [0, 0.1) is 11.6 Å². The zero-order valence-electron chi connectivity index (χ0n) is 37.6. The fourth-order valence-corrected chi connectivity index (χ4v) is 6.01. The number of aliphatic hydroxyl groups excluding tert-OH is 1. The average molecular weight is 943 g/mol. The SMILES string of the molecule is COCCOCCOCCOCCOCCOCCOCCOCCOCCO.O=C(O)C(=Cc1ccccc1)c1nc2c([nH]1)c(=O)n(Cc1cccc(F)c1)c(=O)n2Cc1cccc(F)c1. The Morgan fingerprint density at radius 2 is 1.04 bits per heavy atom. The number of fused-ring (bicyclic) bond motifs is 1. The maximum Gasteiger partial charge on any atom is 0.339 e. The van der Waals surface area contributed by atoms with Gasteiger partial charge < -0.3 is 57.8 Å². The number of methoxy groups -OCH3 is 1. The second-order valence-corrected chi connectivity index (χ2v) is 14.2. The highest BCUT2D eigenvalue weighted by Gasteiger charge is 2.22. The van der Waals surface area contributed by atoms with E-state index in [1.807, 2.05) is 0 Å². The van der Waals surface area contributed by atoms with Gasteiger partial charge in [0.15, 0.2) is 5.65 Å². The normalized spacial score (nSPS) is 11.6. The van der Waals surface area contributed by atoms with Gasteiger partial charge in [-0.05, 0) is 47.0 Å². The summed E-state index contributed by atoms with van der Waals surface area (Å²) in [6, 6.07) is 19.7. The second-order valence-electron chi connectivity index (χ2n) is 14.2. The van der Waals surface area contributed by atoms with E-state index in [9.17, 15) is 28.3 Å². The number of hydrogen-bond acceptors (Lipinski definition) is 14. The predicted octanol–water partition coefficient (Wildman–Crippen LogP) is 3.64. The number of carboxylic acid groups (broad SMARTS) is 1. The molecule has 0 aliphatic rings. The number of hydrogen-bond donors (Lipinski definition) is 3. The first-order valence-corrected chi connectivity index (χ1v) is 21.7. The quantitative estimate of drug-likeness (QED) is 0.0405. The number of aromatic nitrogens is 4. The zero-order chi connectivity index (χ0) is 47.9. The lowest BCUT2D eigenvalue weighted by Gasteiger charge is -2.12. The molecular formula is C47H60F2N4O14. The van der Waals surface area contributed by atoms with Crippen molar-refractivity contribution in [1.29, 1.82) is 0 Å².